The molecule has 0 atom stereocenters. The summed E-state index contributed by atoms with van der Waals surface area (Å²) in [6, 6.07) is 6.16. The molecule has 1 N–H and O–H groups in total. The average molecular weight is 327 g/mol. The normalized spacial score (nSPS) is 21.0. The van der Waals surface area contributed by atoms with Crippen molar-refractivity contribution in [1.29, 1.82) is 0 Å². The number of carbonyl (C=O) groups is 1. The quantitative estimate of drug-likeness (QED) is 0.917. The zero-order valence-electron chi connectivity index (χ0n) is 11.9. The summed E-state index contributed by atoms with van der Waals surface area (Å²) < 4.78 is 0. The smallest absolute Gasteiger partial charge is 0.254 e. The lowest BCUT2D eigenvalue weighted by Gasteiger charge is -2.41. The highest BCUT2D eigenvalue weighted by Gasteiger charge is 2.29. The van der Waals surface area contributed by atoms with Crippen molar-refractivity contribution in [2.24, 2.45) is 0 Å². The van der Waals surface area contributed by atoms with E-state index in [0.717, 1.165) is 32.0 Å². The number of carbonyl (C=O) groups excluding carboxylic acids is 1. The fourth-order valence-corrected chi connectivity index (χ4v) is 3.70. The number of halogens is 2. The van der Waals surface area contributed by atoms with Gasteiger partial charge in [0, 0.05) is 25.2 Å². The maximum absolute atomic E-state index is 12.3. The van der Waals surface area contributed by atoms with Crippen molar-refractivity contribution in [3.05, 3.63) is 33.8 Å². The molecule has 5 heteroatoms. The molecule has 0 bridgehead atoms. The van der Waals surface area contributed by atoms with Crippen LogP contribution in [0.3, 0.4) is 0 Å². The Morgan fingerprint density at radius 2 is 1.71 bits per heavy atom. The minimum atomic E-state index is -0.160. The lowest BCUT2D eigenvalue weighted by molar-refractivity contribution is 0.0800. The lowest BCUT2D eigenvalue weighted by atomic mass is 9.89. The van der Waals surface area contributed by atoms with Crippen LogP contribution in [0.2, 0.25) is 10.0 Å². The first-order valence-corrected chi connectivity index (χ1v) is 8.39. The van der Waals surface area contributed by atoms with Crippen LogP contribution in [0, 0.1) is 0 Å². The van der Waals surface area contributed by atoms with Crippen molar-refractivity contribution in [2.75, 3.05) is 13.1 Å². The summed E-state index contributed by atoms with van der Waals surface area (Å²) in [5, 5.41) is 3.90. The molecule has 0 unspecified atom stereocenters. The summed E-state index contributed by atoms with van der Waals surface area (Å²) in [6.07, 6.45) is 6.06. The Kier molecular flexibility index (Phi) is 4.72. The molecule has 0 aromatic heterocycles. The van der Waals surface area contributed by atoms with Crippen molar-refractivity contribution in [3.8, 4) is 0 Å². The predicted molar refractivity (Wildman–Crippen MR) is 86.2 cm³/mol. The molecule has 1 aliphatic heterocycles. The van der Waals surface area contributed by atoms with Crippen molar-refractivity contribution >= 4 is 29.1 Å². The SMILES string of the molecule is O=C(NC1CCN(C2CCC2)CC1)c1c(Cl)cccc1Cl. The first-order valence-electron chi connectivity index (χ1n) is 7.64. The van der Waals surface area contributed by atoms with Gasteiger partial charge in [-0.3, -0.25) is 4.79 Å². The van der Waals surface area contributed by atoms with Crippen LogP contribution in [0.15, 0.2) is 18.2 Å². The van der Waals surface area contributed by atoms with Gasteiger partial charge >= 0.3 is 0 Å². The molecule has 3 rings (SSSR count). The first-order chi connectivity index (χ1) is 10.1. The lowest BCUT2D eigenvalue weighted by Crippen LogP contribution is -2.49. The summed E-state index contributed by atoms with van der Waals surface area (Å²) >= 11 is 12.2. The molecule has 1 saturated heterocycles. The van der Waals surface area contributed by atoms with E-state index < -0.39 is 0 Å². The first kappa shape index (κ1) is 15.1. The molecule has 1 amide bonds. The van der Waals surface area contributed by atoms with Gasteiger partial charge in [-0.2, -0.15) is 0 Å². The van der Waals surface area contributed by atoms with Gasteiger partial charge < -0.3 is 10.2 Å². The summed E-state index contributed by atoms with van der Waals surface area (Å²) in [6.45, 7) is 2.15. The highest BCUT2D eigenvalue weighted by Crippen LogP contribution is 2.28. The summed E-state index contributed by atoms with van der Waals surface area (Å²) in [7, 11) is 0. The second kappa shape index (κ2) is 6.55. The van der Waals surface area contributed by atoms with Crippen LogP contribution < -0.4 is 5.32 Å². The van der Waals surface area contributed by atoms with E-state index in [0.29, 0.717) is 15.6 Å². The minimum absolute atomic E-state index is 0.160. The van der Waals surface area contributed by atoms with Crippen molar-refractivity contribution < 1.29 is 4.79 Å². The Bertz CT molecular complexity index is 503. The molecule has 1 aliphatic carbocycles. The van der Waals surface area contributed by atoms with Gasteiger partial charge in [0.2, 0.25) is 0 Å². The fourth-order valence-electron chi connectivity index (χ4n) is 3.13. The molecular weight excluding hydrogens is 307 g/mol. The molecule has 2 fully saturated rings. The van der Waals surface area contributed by atoms with E-state index in [2.05, 4.69) is 10.2 Å². The molecule has 0 radical (unpaired) electrons. The third-order valence-corrected chi connectivity index (χ3v) is 5.28. The predicted octanol–water partition coefficient (Wildman–Crippen LogP) is 3.74. The molecule has 3 nitrogen and oxygen atoms in total. The van der Waals surface area contributed by atoms with Gasteiger partial charge in [0.05, 0.1) is 15.6 Å². The van der Waals surface area contributed by atoms with Crippen LogP contribution in [0.25, 0.3) is 0 Å². The third kappa shape index (κ3) is 3.36. The zero-order valence-corrected chi connectivity index (χ0v) is 13.5. The van der Waals surface area contributed by atoms with Gasteiger partial charge in [-0.15, -0.1) is 0 Å². The average Bonchev–Trinajstić information content (AvgIpc) is 2.39. The molecule has 1 heterocycles. The van der Waals surface area contributed by atoms with E-state index in [1.54, 1.807) is 18.2 Å². The Hall–Kier alpha value is -0.770. The number of benzene rings is 1. The maximum Gasteiger partial charge on any atom is 0.254 e. The van der Waals surface area contributed by atoms with Crippen LogP contribution in [0.5, 0.6) is 0 Å². The van der Waals surface area contributed by atoms with Crippen molar-refractivity contribution in [1.82, 2.24) is 10.2 Å². The number of hydrogen-bond acceptors (Lipinski definition) is 2. The number of piperidine rings is 1. The molecule has 0 spiro atoms. The molecule has 21 heavy (non-hydrogen) atoms. The minimum Gasteiger partial charge on any atom is -0.349 e. The fraction of sp³-hybridized carbons (Fsp3) is 0.562. The molecule has 2 aliphatic rings. The van der Waals surface area contributed by atoms with Crippen molar-refractivity contribution in [2.45, 2.75) is 44.2 Å². The van der Waals surface area contributed by atoms with E-state index in [4.69, 9.17) is 23.2 Å². The largest absolute Gasteiger partial charge is 0.349 e. The van der Waals surface area contributed by atoms with E-state index >= 15 is 0 Å². The van der Waals surface area contributed by atoms with Crippen LogP contribution >= 0.6 is 23.2 Å². The second-order valence-corrected chi connectivity index (χ2v) is 6.78. The Labute approximate surface area is 135 Å². The van der Waals surface area contributed by atoms with Gasteiger partial charge in [-0.05, 0) is 37.8 Å². The molecular formula is C16H20Cl2N2O. The number of amides is 1. The van der Waals surface area contributed by atoms with Crippen LogP contribution in [-0.2, 0) is 0 Å². The Morgan fingerprint density at radius 3 is 2.24 bits per heavy atom. The summed E-state index contributed by atoms with van der Waals surface area (Å²) in [5.74, 6) is -0.160. The third-order valence-electron chi connectivity index (χ3n) is 4.65. The second-order valence-electron chi connectivity index (χ2n) is 5.97. The van der Waals surface area contributed by atoms with E-state index in [9.17, 15) is 4.79 Å². The van der Waals surface area contributed by atoms with E-state index in [-0.39, 0.29) is 11.9 Å². The van der Waals surface area contributed by atoms with E-state index in [1.807, 2.05) is 0 Å². The maximum atomic E-state index is 12.3. The number of likely N-dealkylation sites (tertiary alicyclic amines) is 1. The molecule has 1 aromatic rings. The standard InChI is InChI=1S/C16H20Cl2N2O/c17-13-5-2-6-14(18)15(13)16(21)19-11-7-9-20(10-8-11)12-3-1-4-12/h2,5-6,11-12H,1,3-4,7-10H2,(H,19,21). The summed E-state index contributed by atoms with van der Waals surface area (Å²) in [5.41, 5.74) is 0.391. The monoisotopic (exact) mass is 326 g/mol. The van der Waals surface area contributed by atoms with E-state index in [1.165, 1.54) is 19.3 Å². The molecule has 1 aromatic carbocycles. The van der Waals surface area contributed by atoms with Gasteiger partial charge in [-0.1, -0.05) is 35.7 Å². The number of hydrogen-bond donors (Lipinski definition) is 1. The van der Waals surface area contributed by atoms with Crippen LogP contribution in [0.1, 0.15) is 42.5 Å². The number of nitrogens with zero attached hydrogens (tertiary/aromatic N) is 1. The highest BCUT2D eigenvalue weighted by molar-refractivity contribution is 6.39. The number of rotatable bonds is 3. The van der Waals surface area contributed by atoms with Crippen molar-refractivity contribution in [3.63, 3.8) is 0 Å². The topological polar surface area (TPSA) is 32.3 Å². The molecule has 114 valence electrons. The van der Waals surface area contributed by atoms with Gasteiger partial charge in [-0.25, -0.2) is 0 Å². The van der Waals surface area contributed by atoms with Crippen LogP contribution in [0.4, 0.5) is 0 Å². The molecule has 1 saturated carbocycles. The highest BCUT2D eigenvalue weighted by atomic mass is 35.5. The van der Waals surface area contributed by atoms with Gasteiger partial charge in [0.25, 0.3) is 5.91 Å². The Morgan fingerprint density at radius 1 is 1.10 bits per heavy atom. The Balaban J connectivity index is 1.56. The number of nitrogens with one attached hydrogen (secondary N) is 1. The van der Waals surface area contributed by atoms with Crippen LogP contribution in [-0.4, -0.2) is 36.0 Å². The van der Waals surface area contributed by atoms with Gasteiger partial charge in [0.15, 0.2) is 0 Å². The summed E-state index contributed by atoms with van der Waals surface area (Å²) in [4.78, 5) is 14.9. The van der Waals surface area contributed by atoms with Gasteiger partial charge in [0.1, 0.15) is 0 Å². The zero-order chi connectivity index (χ0) is 14.8.